The number of nitrogens with zero attached hydrogens (tertiary/aromatic N) is 6. The molecule has 38 heavy (non-hydrogen) atoms. The molecule has 13 heteroatoms. The molecule has 1 aliphatic rings. The van der Waals surface area contributed by atoms with Gasteiger partial charge in [-0.1, -0.05) is 0 Å². The van der Waals surface area contributed by atoms with Crippen LogP contribution in [0.2, 0.25) is 0 Å². The number of halogens is 4. The summed E-state index contributed by atoms with van der Waals surface area (Å²) >= 11 is 0. The van der Waals surface area contributed by atoms with Crippen LogP contribution in [0.3, 0.4) is 0 Å². The first kappa shape index (κ1) is 25.8. The number of methoxy groups -OCH3 is 1. The number of imidazole rings is 1. The third-order valence-electron chi connectivity index (χ3n) is 6.80. The van der Waals surface area contributed by atoms with E-state index in [4.69, 9.17) is 10.5 Å². The van der Waals surface area contributed by atoms with Gasteiger partial charge < -0.3 is 25.0 Å². The molecule has 0 amide bonds. The van der Waals surface area contributed by atoms with Gasteiger partial charge in [0.25, 0.3) is 6.43 Å². The van der Waals surface area contributed by atoms with Crippen LogP contribution in [-0.4, -0.2) is 67.9 Å². The van der Waals surface area contributed by atoms with Gasteiger partial charge in [-0.05, 0) is 30.5 Å². The van der Waals surface area contributed by atoms with Crippen LogP contribution in [0.5, 0.6) is 5.75 Å². The molecule has 0 saturated carbocycles. The number of aliphatic hydroxyl groups is 1. The number of fused-ring (bicyclic) bond motifs is 1. The van der Waals surface area contributed by atoms with Crippen molar-refractivity contribution in [1.82, 2.24) is 24.5 Å². The minimum atomic E-state index is -3.00. The molecule has 0 bridgehead atoms. The average Bonchev–Trinajstić information content (AvgIpc) is 3.32. The number of anilines is 1. The van der Waals surface area contributed by atoms with Crippen LogP contribution in [0.15, 0.2) is 43.1 Å². The van der Waals surface area contributed by atoms with Gasteiger partial charge in [0.05, 0.1) is 43.1 Å². The zero-order valence-electron chi connectivity index (χ0n) is 20.4. The molecule has 0 aliphatic carbocycles. The second kappa shape index (κ2) is 10.1. The van der Waals surface area contributed by atoms with E-state index in [0.717, 1.165) is 12.1 Å². The van der Waals surface area contributed by atoms with Gasteiger partial charge in [0.15, 0.2) is 22.9 Å². The molecule has 1 aliphatic heterocycles. The van der Waals surface area contributed by atoms with Crippen LogP contribution >= 0.6 is 0 Å². The van der Waals surface area contributed by atoms with E-state index in [0.29, 0.717) is 35.5 Å². The summed E-state index contributed by atoms with van der Waals surface area (Å²) in [6, 6.07) is 3.54. The predicted octanol–water partition coefficient (Wildman–Crippen LogP) is 3.15. The summed E-state index contributed by atoms with van der Waals surface area (Å²) in [4.78, 5) is 18.9. The lowest BCUT2D eigenvalue weighted by Gasteiger charge is -2.44. The van der Waals surface area contributed by atoms with Crippen molar-refractivity contribution in [3.8, 4) is 17.0 Å². The van der Waals surface area contributed by atoms with Crippen molar-refractivity contribution in [2.24, 2.45) is 5.73 Å². The SMILES string of the molecule is COc1cc(F)c(-c2cc(Cn3cnc4nccnc43)c(N3CCC[C@](N)([C@H](O)C(F)F)C3)cn2)cc1F. The summed E-state index contributed by atoms with van der Waals surface area (Å²) in [6.45, 7) is 0.604. The summed E-state index contributed by atoms with van der Waals surface area (Å²) in [6.07, 6.45) is 1.72. The fourth-order valence-corrected chi connectivity index (χ4v) is 4.84. The van der Waals surface area contributed by atoms with E-state index < -0.39 is 29.7 Å². The highest BCUT2D eigenvalue weighted by Gasteiger charge is 2.43. The lowest BCUT2D eigenvalue weighted by Crippen LogP contribution is -2.63. The van der Waals surface area contributed by atoms with Gasteiger partial charge in [-0.25, -0.2) is 32.5 Å². The van der Waals surface area contributed by atoms with Crippen molar-refractivity contribution in [3.63, 3.8) is 0 Å². The minimum absolute atomic E-state index is 0.0530. The lowest BCUT2D eigenvalue weighted by molar-refractivity contribution is -0.0529. The van der Waals surface area contributed by atoms with Crippen LogP contribution in [0.1, 0.15) is 18.4 Å². The van der Waals surface area contributed by atoms with Gasteiger partial charge in [-0.2, -0.15) is 0 Å². The second-order valence-corrected chi connectivity index (χ2v) is 9.28. The number of pyridine rings is 1. The number of aromatic nitrogens is 5. The molecule has 9 nitrogen and oxygen atoms in total. The molecular formula is C25H25F4N7O2. The molecule has 0 spiro atoms. The molecule has 2 atom stereocenters. The largest absolute Gasteiger partial charge is 0.494 e. The fraction of sp³-hybridized carbons (Fsp3) is 0.360. The number of alkyl halides is 2. The maximum Gasteiger partial charge on any atom is 0.265 e. The Morgan fingerprint density at radius 1 is 1.11 bits per heavy atom. The molecule has 4 heterocycles. The number of benzene rings is 1. The zero-order valence-corrected chi connectivity index (χ0v) is 20.4. The van der Waals surface area contributed by atoms with E-state index in [1.807, 2.05) is 0 Å². The number of aliphatic hydroxyl groups excluding tert-OH is 1. The molecule has 1 aromatic carbocycles. The van der Waals surface area contributed by atoms with Crippen molar-refractivity contribution < 1.29 is 27.4 Å². The van der Waals surface area contributed by atoms with Crippen LogP contribution in [0, 0.1) is 11.6 Å². The highest BCUT2D eigenvalue weighted by molar-refractivity contribution is 5.68. The van der Waals surface area contributed by atoms with E-state index in [9.17, 15) is 22.7 Å². The standard InChI is InChI=1S/C25H25F4N7O2/c1-38-20-9-16(26)15(8-17(20)27)18-7-14(11-36-13-34-23-24(36)32-5-4-31-23)19(10-33-18)35-6-2-3-25(30,12-35)21(37)22(28)29/h4-5,7-10,13,21-22,37H,2-3,6,11-12,30H2,1H3/t21-,25-/m1/s1. The van der Waals surface area contributed by atoms with E-state index in [1.165, 1.54) is 25.7 Å². The highest BCUT2D eigenvalue weighted by atomic mass is 19.3. The number of piperidine rings is 1. The van der Waals surface area contributed by atoms with Crippen LogP contribution < -0.4 is 15.4 Å². The third-order valence-corrected chi connectivity index (χ3v) is 6.80. The van der Waals surface area contributed by atoms with E-state index in [1.54, 1.807) is 21.9 Å². The molecule has 5 rings (SSSR count). The topological polar surface area (TPSA) is 115 Å². The quantitative estimate of drug-likeness (QED) is 0.350. The number of rotatable bonds is 7. The third kappa shape index (κ3) is 4.74. The predicted molar refractivity (Wildman–Crippen MR) is 131 cm³/mol. The molecule has 200 valence electrons. The van der Waals surface area contributed by atoms with Gasteiger partial charge in [-0.15, -0.1) is 0 Å². The van der Waals surface area contributed by atoms with Crippen LogP contribution in [0.4, 0.5) is 23.2 Å². The monoisotopic (exact) mass is 531 g/mol. The highest BCUT2D eigenvalue weighted by Crippen LogP contribution is 2.34. The Bertz CT molecular complexity index is 1470. The summed E-state index contributed by atoms with van der Waals surface area (Å²) in [5.41, 5.74) is 6.85. The number of hydrogen-bond acceptors (Lipinski definition) is 8. The molecule has 3 aromatic heterocycles. The van der Waals surface area contributed by atoms with Crippen LogP contribution in [-0.2, 0) is 6.54 Å². The van der Waals surface area contributed by atoms with Crippen molar-refractivity contribution >= 4 is 17.0 Å². The Kier molecular flexibility index (Phi) is 6.88. The summed E-state index contributed by atoms with van der Waals surface area (Å²) in [7, 11) is 1.24. The normalized spacial score (nSPS) is 18.8. The maximum atomic E-state index is 14.9. The first-order chi connectivity index (χ1) is 18.2. The Morgan fingerprint density at radius 2 is 1.89 bits per heavy atom. The number of nitrogens with two attached hydrogens (primary N) is 1. The first-order valence-corrected chi connectivity index (χ1v) is 11.8. The molecule has 0 radical (unpaired) electrons. The molecule has 4 aromatic rings. The fourth-order valence-electron chi connectivity index (χ4n) is 4.84. The van der Waals surface area contributed by atoms with Gasteiger partial charge in [0.1, 0.15) is 11.9 Å². The Balaban J connectivity index is 1.59. The Hall–Kier alpha value is -3.84. The van der Waals surface area contributed by atoms with E-state index in [2.05, 4.69) is 19.9 Å². The second-order valence-electron chi connectivity index (χ2n) is 9.28. The molecular weight excluding hydrogens is 506 g/mol. The van der Waals surface area contributed by atoms with Crippen molar-refractivity contribution in [2.75, 3.05) is 25.1 Å². The smallest absolute Gasteiger partial charge is 0.265 e. The van der Waals surface area contributed by atoms with Crippen molar-refractivity contribution in [2.45, 2.75) is 37.5 Å². The Labute approximate surface area is 214 Å². The van der Waals surface area contributed by atoms with Gasteiger partial charge in [-0.3, -0.25) is 4.98 Å². The minimum Gasteiger partial charge on any atom is -0.494 e. The van der Waals surface area contributed by atoms with Crippen molar-refractivity contribution in [3.05, 3.63) is 60.3 Å². The van der Waals surface area contributed by atoms with Gasteiger partial charge in [0.2, 0.25) is 0 Å². The molecule has 1 fully saturated rings. The number of ether oxygens (including phenoxy) is 1. The van der Waals surface area contributed by atoms with Gasteiger partial charge >= 0.3 is 0 Å². The zero-order chi connectivity index (χ0) is 27.0. The lowest BCUT2D eigenvalue weighted by atomic mass is 9.84. The van der Waals surface area contributed by atoms with Crippen molar-refractivity contribution in [1.29, 1.82) is 0 Å². The molecule has 3 N–H and O–H groups in total. The summed E-state index contributed by atoms with van der Waals surface area (Å²) in [5, 5.41) is 10.1. The first-order valence-electron chi connectivity index (χ1n) is 11.8. The van der Waals surface area contributed by atoms with Crippen LogP contribution in [0.25, 0.3) is 22.6 Å². The summed E-state index contributed by atoms with van der Waals surface area (Å²) < 4.78 is 62.7. The Morgan fingerprint density at radius 3 is 2.66 bits per heavy atom. The van der Waals surface area contributed by atoms with E-state index >= 15 is 0 Å². The average molecular weight is 532 g/mol. The van der Waals surface area contributed by atoms with E-state index in [-0.39, 0.29) is 36.5 Å². The molecule has 0 unspecified atom stereocenters. The molecule has 1 saturated heterocycles. The summed E-state index contributed by atoms with van der Waals surface area (Å²) in [5.74, 6) is -1.72. The van der Waals surface area contributed by atoms with Gasteiger partial charge in [0, 0.05) is 37.1 Å². The number of hydrogen-bond donors (Lipinski definition) is 2. The maximum absolute atomic E-state index is 14.9.